The van der Waals surface area contributed by atoms with E-state index in [1.54, 1.807) is 0 Å². The Morgan fingerprint density at radius 3 is 1.30 bits per heavy atom. The Bertz CT molecular complexity index is 73.3. The van der Waals surface area contributed by atoms with E-state index < -0.39 is 0 Å². The Morgan fingerprint density at radius 2 is 1.10 bits per heavy atom. The van der Waals surface area contributed by atoms with Gasteiger partial charge in [-0.25, -0.2) is 0 Å². The zero-order valence-corrected chi connectivity index (χ0v) is 8.43. The first kappa shape index (κ1) is 8.79. The van der Waals surface area contributed by atoms with Crippen LogP contribution in [-0.2, 0) is 0 Å². The first-order valence-electron chi connectivity index (χ1n) is 3.92. The van der Waals surface area contributed by atoms with Crippen LogP contribution in [-0.4, -0.2) is 23.0 Å². The van der Waals surface area contributed by atoms with Gasteiger partial charge in [0, 0.05) is 10.5 Å². The zero-order valence-electron chi connectivity index (χ0n) is 6.80. The summed E-state index contributed by atoms with van der Waals surface area (Å²) in [6.45, 7) is 0. The van der Waals surface area contributed by atoms with Crippen molar-refractivity contribution < 1.29 is 0 Å². The average Bonchev–Trinajstić information content (AvgIpc) is 2.05. The molecule has 1 aliphatic carbocycles. The molecule has 0 N–H and O–H groups in total. The van der Waals surface area contributed by atoms with Crippen LogP contribution in [0.5, 0.6) is 0 Å². The predicted octanol–water partition coefficient (Wildman–Crippen LogP) is 3.02. The largest absolute Gasteiger partial charge is 0.162 e. The molecule has 0 spiro atoms. The van der Waals surface area contributed by atoms with Crippen LogP contribution >= 0.6 is 23.5 Å². The standard InChI is InChI=1S/C8H16S2/c1-9-7-3-5-8(10-2)6-4-7/h7-8H,3-6H2,1-2H3. The summed E-state index contributed by atoms with van der Waals surface area (Å²) < 4.78 is 0. The highest BCUT2D eigenvalue weighted by molar-refractivity contribution is 7.99. The molecular weight excluding hydrogens is 160 g/mol. The van der Waals surface area contributed by atoms with Crippen LogP contribution in [0.1, 0.15) is 25.7 Å². The highest BCUT2D eigenvalue weighted by Gasteiger charge is 2.18. The molecule has 1 saturated carbocycles. The van der Waals surface area contributed by atoms with Gasteiger partial charge in [0.05, 0.1) is 0 Å². The maximum Gasteiger partial charge on any atom is 0.00450 e. The van der Waals surface area contributed by atoms with Crippen molar-refractivity contribution in [3.05, 3.63) is 0 Å². The van der Waals surface area contributed by atoms with Gasteiger partial charge >= 0.3 is 0 Å². The monoisotopic (exact) mass is 176 g/mol. The van der Waals surface area contributed by atoms with Gasteiger partial charge in [0.1, 0.15) is 0 Å². The molecule has 0 bridgehead atoms. The third kappa shape index (κ3) is 2.39. The van der Waals surface area contributed by atoms with Crippen LogP contribution in [0.3, 0.4) is 0 Å². The van der Waals surface area contributed by atoms with Gasteiger partial charge in [-0.05, 0) is 38.2 Å². The van der Waals surface area contributed by atoms with E-state index in [9.17, 15) is 0 Å². The molecule has 0 amide bonds. The lowest BCUT2D eigenvalue weighted by Crippen LogP contribution is -2.16. The van der Waals surface area contributed by atoms with E-state index in [1.807, 2.05) is 23.5 Å². The molecule has 0 nitrogen and oxygen atoms in total. The van der Waals surface area contributed by atoms with Gasteiger partial charge in [-0.3, -0.25) is 0 Å². The summed E-state index contributed by atoms with van der Waals surface area (Å²) in [5, 5.41) is 1.95. The second-order valence-corrected chi connectivity index (χ2v) is 5.15. The molecule has 1 fully saturated rings. The fourth-order valence-electron chi connectivity index (χ4n) is 1.50. The molecule has 0 atom stereocenters. The molecule has 0 radical (unpaired) electrons. The van der Waals surface area contributed by atoms with Gasteiger partial charge in [-0.1, -0.05) is 0 Å². The molecule has 0 aliphatic heterocycles. The minimum absolute atomic E-state index is 0.975. The van der Waals surface area contributed by atoms with Gasteiger partial charge in [-0.2, -0.15) is 23.5 Å². The summed E-state index contributed by atoms with van der Waals surface area (Å²) in [7, 11) is 0. The van der Waals surface area contributed by atoms with Gasteiger partial charge in [0.15, 0.2) is 0 Å². The number of rotatable bonds is 2. The Labute approximate surface area is 72.5 Å². The first-order valence-corrected chi connectivity index (χ1v) is 6.50. The molecule has 2 heteroatoms. The maximum atomic E-state index is 2.24. The van der Waals surface area contributed by atoms with Gasteiger partial charge in [0.25, 0.3) is 0 Å². The summed E-state index contributed by atoms with van der Waals surface area (Å²) >= 11 is 4.10. The van der Waals surface area contributed by atoms with Gasteiger partial charge < -0.3 is 0 Å². The molecule has 60 valence electrons. The van der Waals surface area contributed by atoms with Crippen LogP contribution < -0.4 is 0 Å². The number of hydrogen-bond acceptors (Lipinski definition) is 2. The predicted molar refractivity (Wildman–Crippen MR) is 53.1 cm³/mol. The van der Waals surface area contributed by atoms with E-state index in [-0.39, 0.29) is 0 Å². The molecular formula is C8H16S2. The second kappa shape index (κ2) is 4.55. The topological polar surface area (TPSA) is 0 Å². The smallest absolute Gasteiger partial charge is 0.00450 e. The summed E-state index contributed by atoms with van der Waals surface area (Å²) in [5.74, 6) is 0. The Balaban J connectivity index is 2.17. The lowest BCUT2D eigenvalue weighted by atomic mass is 10.00. The van der Waals surface area contributed by atoms with Crippen molar-refractivity contribution in [2.24, 2.45) is 0 Å². The van der Waals surface area contributed by atoms with Crippen LogP contribution in [0, 0.1) is 0 Å². The van der Waals surface area contributed by atoms with Gasteiger partial charge in [-0.15, -0.1) is 0 Å². The van der Waals surface area contributed by atoms with Crippen molar-refractivity contribution in [2.75, 3.05) is 12.5 Å². The third-order valence-electron chi connectivity index (χ3n) is 2.29. The molecule has 0 unspecified atom stereocenters. The quantitative estimate of drug-likeness (QED) is 0.634. The SMILES string of the molecule is CSC1CCC(SC)CC1. The summed E-state index contributed by atoms with van der Waals surface area (Å²) in [6.07, 6.45) is 10.3. The van der Waals surface area contributed by atoms with E-state index in [4.69, 9.17) is 0 Å². The van der Waals surface area contributed by atoms with Crippen molar-refractivity contribution in [3.63, 3.8) is 0 Å². The highest BCUT2D eigenvalue weighted by atomic mass is 32.2. The molecule has 0 saturated heterocycles. The van der Waals surface area contributed by atoms with E-state index in [0.29, 0.717) is 0 Å². The van der Waals surface area contributed by atoms with Crippen molar-refractivity contribution in [1.29, 1.82) is 0 Å². The zero-order chi connectivity index (χ0) is 7.40. The first-order chi connectivity index (χ1) is 4.86. The van der Waals surface area contributed by atoms with Gasteiger partial charge in [0.2, 0.25) is 0 Å². The molecule has 0 aromatic rings. The molecule has 10 heavy (non-hydrogen) atoms. The minimum atomic E-state index is 0.975. The summed E-state index contributed by atoms with van der Waals surface area (Å²) in [4.78, 5) is 0. The van der Waals surface area contributed by atoms with Crippen LogP contribution in [0.25, 0.3) is 0 Å². The molecule has 1 aliphatic rings. The van der Waals surface area contributed by atoms with Crippen molar-refractivity contribution >= 4 is 23.5 Å². The molecule has 0 aromatic heterocycles. The molecule has 0 aromatic carbocycles. The third-order valence-corrected chi connectivity index (χ3v) is 4.56. The van der Waals surface area contributed by atoms with Crippen LogP contribution in [0.15, 0.2) is 0 Å². The lowest BCUT2D eigenvalue weighted by molar-refractivity contribution is 0.529. The minimum Gasteiger partial charge on any atom is -0.162 e. The van der Waals surface area contributed by atoms with E-state index in [0.717, 1.165) is 10.5 Å². The van der Waals surface area contributed by atoms with Crippen LogP contribution in [0.4, 0.5) is 0 Å². The van der Waals surface area contributed by atoms with E-state index in [1.165, 1.54) is 25.7 Å². The molecule has 1 rings (SSSR count). The number of hydrogen-bond donors (Lipinski definition) is 0. The highest BCUT2D eigenvalue weighted by Crippen LogP contribution is 2.31. The van der Waals surface area contributed by atoms with Crippen molar-refractivity contribution in [1.82, 2.24) is 0 Å². The fraction of sp³-hybridized carbons (Fsp3) is 1.00. The van der Waals surface area contributed by atoms with E-state index in [2.05, 4.69) is 12.5 Å². The summed E-state index contributed by atoms with van der Waals surface area (Å²) in [6, 6.07) is 0. The average molecular weight is 176 g/mol. The second-order valence-electron chi connectivity index (χ2n) is 2.87. The van der Waals surface area contributed by atoms with Crippen molar-refractivity contribution in [3.8, 4) is 0 Å². The number of thioether (sulfide) groups is 2. The molecule has 0 heterocycles. The lowest BCUT2D eigenvalue weighted by Gasteiger charge is -2.25. The Hall–Kier alpha value is 0.700. The summed E-state index contributed by atoms with van der Waals surface area (Å²) in [5.41, 5.74) is 0. The Kier molecular flexibility index (Phi) is 4.00. The Morgan fingerprint density at radius 1 is 0.800 bits per heavy atom. The normalized spacial score (nSPS) is 34.2. The van der Waals surface area contributed by atoms with Crippen molar-refractivity contribution in [2.45, 2.75) is 36.2 Å². The fourth-order valence-corrected chi connectivity index (χ4v) is 2.99. The van der Waals surface area contributed by atoms with Crippen LogP contribution in [0.2, 0.25) is 0 Å². The maximum absolute atomic E-state index is 2.24. The van der Waals surface area contributed by atoms with E-state index >= 15 is 0 Å².